The first-order valence-corrected chi connectivity index (χ1v) is 10.1. The predicted octanol–water partition coefficient (Wildman–Crippen LogP) is 1.90. The van der Waals surface area contributed by atoms with Gasteiger partial charge in [0, 0.05) is 43.4 Å². The molecule has 0 saturated carbocycles. The molecule has 30 heavy (non-hydrogen) atoms. The van der Waals surface area contributed by atoms with Crippen molar-refractivity contribution >= 4 is 29.7 Å². The average molecular weight is 437 g/mol. The van der Waals surface area contributed by atoms with Gasteiger partial charge in [-0.3, -0.25) is 4.90 Å². The Kier molecular flexibility index (Phi) is 7.17. The van der Waals surface area contributed by atoms with Gasteiger partial charge in [-0.15, -0.1) is 0 Å². The number of piperazine rings is 1. The predicted molar refractivity (Wildman–Crippen MR) is 110 cm³/mol. The molecular formula is C20H25ClN4O5. The first-order chi connectivity index (χ1) is 14.4. The van der Waals surface area contributed by atoms with Crippen LogP contribution in [-0.2, 0) is 14.3 Å². The first-order valence-electron chi connectivity index (χ1n) is 9.72. The molecule has 2 N–H and O–H groups in total. The maximum atomic E-state index is 12.6. The van der Waals surface area contributed by atoms with E-state index in [0.29, 0.717) is 61.2 Å². The Balaban J connectivity index is 1.83. The molecule has 0 spiro atoms. The summed E-state index contributed by atoms with van der Waals surface area (Å²) in [7, 11) is 1.30. The lowest BCUT2D eigenvalue weighted by atomic mass is 9.95. The van der Waals surface area contributed by atoms with E-state index in [4.69, 9.17) is 21.1 Å². The smallest absolute Gasteiger partial charge is 0.409 e. The zero-order valence-corrected chi connectivity index (χ0v) is 17.7. The molecular weight excluding hydrogens is 412 g/mol. The quantitative estimate of drug-likeness (QED) is 0.684. The van der Waals surface area contributed by atoms with Crippen molar-refractivity contribution in [2.24, 2.45) is 0 Å². The molecule has 1 saturated heterocycles. The van der Waals surface area contributed by atoms with Crippen molar-refractivity contribution in [1.82, 2.24) is 20.4 Å². The molecule has 162 valence electrons. The number of carbonyl (C=O) groups excluding carboxylic acids is 3. The fraction of sp³-hybridized carbons (Fsp3) is 0.450. The number of hydrogen-bond acceptors (Lipinski definition) is 6. The molecule has 1 aromatic rings. The van der Waals surface area contributed by atoms with E-state index in [-0.39, 0.29) is 6.09 Å². The average Bonchev–Trinajstić information content (AvgIpc) is 2.74. The first kappa shape index (κ1) is 21.9. The van der Waals surface area contributed by atoms with Crippen molar-refractivity contribution in [1.29, 1.82) is 0 Å². The van der Waals surface area contributed by atoms with Crippen LogP contribution < -0.4 is 10.6 Å². The Hall–Kier alpha value is -2.78. The van der Waals surface area contributed by atoms with E-state index in [1.165, 1.54) is 7.11 Å². The second-order valence-electron chi connectivity index (χ2n) is 6.90. The van der Waals surface area contributed by atoms with Crippen LogP contribution in [0.4, 0.5) is 9.59 Å². The van der Waals surface area contributed by atoms with Gasteiger partial charge in [0.15, 0.2) is 0 Å². The Labute approximate surface area is 179 Å². The Morgan fingerprint density at radius 1 is 1.20 bits per heavy atom. The second-order valence-corrected chi connectivity index (χ2v) is 7.31. The monoisotopic (exact) mass is 436 g/mol. The highest BCUT2D eigenvalue weighted by molar-refractivity contribution is 6.31. The lowest BCUT2D eigenvalue weighted by molar-refractivity contribution is -0.136. The normalized spacial score (nSPS) is 19.8. The van der Waals surface area contributed by atoms with E-state index in [1.54, 1.807) is 36.1 Å². The number of esters is 1. The van der Waals surface area contributed by atoms with E-state index >= 15 is 0 Å². The lowest BCUT2D eigenvalue weighted by Gasteiger charge is -2.36. The number of nitrogens with zero attached hydrogens (tertiary/aromatic N) is 2. The van der Waals surface area contributed by atoms with Gasteiger partial charge in [0.1, 0.15) is 0 Å². The number of carbonyl (C=O) groups is 3. The summed E-state index contributed by atoms with van der Waals surface area (Å²) in [5, 5.41) is 5.94. The summed E-state index contributed by atoms with van der Waals surface area (Å²) in [4.78, 5) is 40.6. The second kappa shape index (κ2) is 9.82. The highest BCUT2D eigenvalue weighted by Gasteiger charge is 2.35. The highest BCUT2D eigenvalue weighted by Crippen LogP contribution is 2.32. The topological polar surface area (TPSA) is 100 Å². The largest absolute Gasteiger partial charge is 0.466 e. The maximum Gasteiger partial charge on any atom is 0.409 e. The third kappa shape index (κ3) is 4.85. The molecule has 0 radical (unpaired) electrons. The van der Waals surface area contributed by atoms with E-state index in [0.717, 1.165) is 0 Å². The summed E-state index contributed by atoms with van der Waals surface area (Å²) in [5.41, 5.74) is 1.37. The van der Waals surface area contributed by atoms with Gasteiger partial charge in [-0.05, 0) is 18.6 Å². The van der Waals surface area contributed by atoms with Gasteiger partial charge in [-0.25, -0.2) is 14.4 Å². The highest BCUT2D eigenvalue weighted by atomic mass is 35.5. The number of methoxy groups -OCH3 is 1. The van der Waals surface area contributed by atoms with Crippen molar-refractivity contribution in [2.75, 3.05) is 46.4 Å². The number of benzene rings is 1. The molecule has 1 fully saturated rings. The molecule has 1 unspecified atom stereocenters. The minimum absolute atomic E-state index is 0.304. The molecule has 3 rings (SSSR count). The van der Waals surface area contributed by atoms with Crippen LogP contribution in [-0.4, -0.2) is 74.3 Å². The molecule has 9 nitrogen and oxygen atoms in total. The number of amides is 3. The van der Waals surface area contributed by atoms with Crippen LogP contribution >= 0.6 is 11.6 Å². The molecule has 10 heteroatoms. The zero-order chi connectivity index (χ0) is 21.7. The van der Waals surface area contributed by atoms with Crippen molar-refractivity contribution in [3.8, 4) is 0 Å². The van der Waals surface area contributed by atoms with Crippen LogP contribution in [0.3, 0.4) is 0 Å². The number of ether oxygens (including phenoxy) is 2. The van der Waals surface area contributed by atoms with Gasteiger partial charge in [-0.1, -0.05) is 29.8 Å². The van der Waals surface area contributed by atoms with Crippen molar-refractivity contribution in [2.45, 2.75) is 13.0 Å². The summed E-state index contributed by atoms with van der Waals surface area (Å²) in [6.07, 6.45) is -0.333. The SMILES string of the molecule is CCOC(=O)N1CCN(CC2=C(C(=O)OC)C(c3ccccc3Cl)NC(=O)N2)CC1. The Morgan fingerprint density at radius 2 is 1.90 bits per heavy atom. The number of urea groups is 1. The molecule has 1 aromatic carbocycles. The van der Waals surface area contributed by atoms with Crippen molar-refractivity contribution in [3.05, 3.63) is 46.1 Å². The lowest BCUT2D eigenvalue weighted by Crippen LogP contribution is -2.52. The van der Waals surface area contributed by atoms with Gasteiger partial charge in [0.25, 0.3) is 0 Å². The Morgan fingerprint density at radius 3 is 2.53 bits per heavy atom. The van der Waals surface area contributed by atoms with Crippen LogP contribution in [0, 0.1) is 0 Å². The van der Waals surface area contributed by atoms with Crippen LogP contribution in [0.25, 0.3) is 0 Å². The van der Waals surface area contributed by atoms with Gasteiger partial charge in [-0.2, -0.15) is 0 Å². The van der Waals surface area contributed by atoms with Gasteiger partial charge >= 0.3 is 18.1 Å². The zero-order valence-electron chi connectivity index (χ0n) is 16.9. The minimum atomic E-state index is -0.726. The summed E-state index contributed by atoms with van der Waals surface area (Å²) >= 11 is 6.32. The van der Waals surface area contributed by atoms with E-state index in [1.807, 2.05) is 0 Å². The van der Waals surface area contributed by atoms with Gasteiger partial charge in [0.05, 0.1) is 25.3 Å². The summed E-state index contributed by atoms with van der Waals surface area (Å²) in [6, 6.07) is 5.88. The Bertz CT molecular complexity index is 851. The molecule has 0 aromatic heterocycles. The molecule has 0 bridgehead atoms. The molecule has 3 amide bonds. The summed E-state index contributed by atoms with van der Waals surface area (Å²) in [5.74, 6) is -0.549. The van der Waals surface area contributed by atoms with E-state index in [2.05, 4.69) is 15.5 Å². The third-order valence-electron chi connectivity index (χ3n) is 5.06. The third-order valence-corrected chi connectivity index (χ3v) is 5.40. The van der Waals surface area contributed by atoms with E-state index < -0.39 is 18.0 Å². The van der Waals surface area contributed by atoms with Crippen LogP contribution in [0.1, 0.15) is 18.5 Å². The number of hydrogen-bond donors (Lipinski definition) is 2. The van der Waals surface area contributed by atoms with Crippen LogP contribution in [0.2, 0.25) is 5.02 Å². The number of nitrogens with one attached hydrogen (secondary N) is 2. The molecule has 0 aliphatic carbocycles. The number of rotatable bonds is 5. The molecule has 2 aliphatic rings. The van der Waals surface area contributed by atoms with Crippen LogP contribution in [0.15, 0.2) is 35.5 Å². The summed E-state index contributed by atoms with van der Waals surface area (Å²) < 4.78 is 10.0. The van der Waals surface area contributed by atoms with Crippen molar-refractivity contribution in [3.63, 3.8) is 0 Å². The van der Waals surface area contributed by atoms with Gasteiger partial charge < -0.3 is 25.0 Å². The molecule has 1 atom stereocenters. The van der Waals surface area contributed by atoms with E-state index in [9.17, 15) is 14.4 Å². The molecule has 2 aliphatic heterocycles. The summed E-state index contributed by atoms with van der Waals surface area (Å²) in [6.45, 7) is 4.59. The minimum Gasteiger partial charge on any atom is -0.466 e. The van der Waals surface area contributed by atoms with Crippen molar-refractivity contribution < 1.29 is 23.9 Å². The maximum absolute atomic E-state index is 12.6. The molecule has 2 heterocycles. The number of halogens is 1. The van der Waals surface area contributed by atoms with Crippen LogP contribution in [0.5, 0.6) is 0 Å². The standard InChI is InChI=1S/C20H25ClN4O5/c1-3-30-20(28)25-10-8-24(9-11-25)12-15-16(18(26)29-2)17(23-19(27)22-15)13-6-4-5-7-14(13)21/h4-7,17H,3,8-12H2,1-2H3,(H2,22,23,27). The van der Waals surface area contributed by atoms with Gasteiger partial charge in [0.2, 0.25) is 0 Å². The fourth-order valence-electron chi connectivity index (χ4n) is 3.56. The fourth-order valence-corrected chi connectivity index (χ4v) is 3.81.